The molecule has 6 nitrogen and oxygen atoms in total. The molecule has 0 aliphatic heterocycles. The maximum Gasteiger partial charge on any atom is 0.170 e. The lowest BCUT2D eigenvalue weighted by Gasteiger charge is -2.56. The second-order valence-electron chi connectivity index (χ2n) is 9.66. The summed E-state index contributed by atoms with van der Waals surface area (Å²) in [6, 6.07) is 0. The van der Waals surface area contributed by atoms with E-state index in [1.165, 1.54) is 57.8 Å². The van der Waals surface area contributed by atoms with Crippen molar-refractivity contribution in [1.29, 1.82) is 5.41 Å². The van der Waals surface area contributed by atoms with E-state index in [4.69, 9.17) is 10.1 Å². The highest BCUT2D eigenvalue weighted by Gasteiger charge is 2.51. The molecule has 0 unspecified atom stereocenters. The molecule has 6 heteroatoms. The number of hydroxylamine groups is 1. The van der Waals surface area contributed by atoms with Crippen LogP contribution in [-0.4, -0.2) is 26.6 Å². The Morgan fingerprint density at radius 3 is 2.33 bits per heavy atom. The van der Waals surface area contributed by atoms with Crippen molar-refractivity contribution in [1.82, 2.24) is 15.4 Å². The molecule has 0 aromatic carbocycles. The molecule has 0 amide bonds. The number of nitrogens with one attached hydrogen (secondary N) is 3. The van der Waals surface area contributed by atoms with Crippen molar-refractivity contribution in [2.24, 2.45) is 17.8 Å². The fourth-order valence-electron chi connectivity index (χ4n) is 6.80. The van der Waals surface area contributed by atoms with Gasteiger partial charge in [0, 0.05) is 5.92 Å². The molecule has 1 aromatic rings. The van der Waals surface area contributed by atoms with Crippen LogP contribution in [0, 0.1) is 23.2 Å². The fraction of sp³-hybridized carbons (Fsp3) is 0.810. The summed E-state index contributed by atoms with van der Waals surface area (Å²) in [5, 5.41) is 17.3. The van der Waals surface area contributed by atoms with Gasteiger partial charge in [-0.2, -0.15) is 0 Å². The number of rotatable bonds is 5. The summed E-state index contributed by atoms with van der Waals surface area (Å²) in [7, 11) is 0. The van der Waals surface area contributed by atoms with Gasteiger partial charge >= 0.3 is 0 Å². The molecule has 1 aromatic heterocycles. The van der Waals surface area contributed by atoms with Gasteiger partial charge in [-0.05, 0) is 69.1 Å². The van der Waals surface area contributed by atoms with E-state index >= 15 is 0 Å². The van der Waals surface area contributed by atoms with E-state index in [1.54, 1.807) is 0 Å². The van der Waals surface area contributed by atoms with Gasteiger partial charge < -0.3 is 9.72 Å². The maximum absolute atomic E-state index is 9.26. The third-order valence-corrected chi connectivity index (χ3v) is 7.64. The second-order valence-corrected chi connectivity index (χ2v) is 9.66. The van der Waals surface area contributed by atoms with Crippen LogP contribution >= 0.6 is 0 Å². The molecule has 5 fully saturated rings. The second kappa shape index (κ2) is 6.89. The van der Waals surface area contributed by atoms with E-state index < -0.39 is 0 Å². The molecular weight excluding hydrogens is 340 g/mol. The van der Waals surface area contributed by atoms with Crippen molar-refractivity contribution in [3.05, 3.63) is 17.2 Å². The maximum atomic E-state index is 9.26. The SMILES string of the molecule is N=C(NO)c1nc(C2CCCCC2)[nH]c1COC12CC3CC(CC(C3)C1)C2. The molecule has 0 saturated heterocycles. The van der Waals surface area contributed by atoms with E-state index in [0.717, 1.165) is 42.1 Å². The van der Waals surface area contributed by atoms with Gasteiger partial charge in [0.05, 0.1) is 17.9 Å². The predicted octanol–water partition coefficient (Wildman–Crippen LogP) is 4.25. The molecule has 4 bridgehead atoms. The largest absolute Gasteiger partial charge is 0.369 e. The Kier molecular flexibility index (Phi) is 4.51. The normalized spacial score (nSPS) is 35.5. The zero-order valence-electron chi connectivity index (χ0n) is 16.1. The molecule has 6 rings (SSSR count). The number of nitrogens with zero attached hydrogens (tertiary/aromatic N) is 1. The number of amidine groups is 1. The van der Waals surface area contributed by atoms with Gasteiger partial charge in [0.25, 0.3) is 0 Å². The minimum Gasteiger partial charge on any atom is -0.369 e. The van der Waals surface area contributed by atoms with Crippen molar-refractivity contribution < 1.29 is 9.94 Å². The summed E-state index contributed by atoms with van der Waals surface area (Å²) in [4.78, 5) is 8.16. The summed E-state index contributed by atoms with van der Waals surface area (Å²) < 4.78 is 6.59. The zero-order valence-corrected chi connectivity index (χ0v) is 16.1. The van der Waals surface area contributed by atoms with Crippen LogP contribution in [0.2, 0.25) is 0 Å². The van der Waals surface area contributed by atoms with Crippen LogP contribution in [0.3, 0.4) is 0 Å². The molecule has 1 heterocycles. The quantitative estimate of drug-likeness (QED) is 0.353. The molecule has 27 heavy (non-hydrogen) atoms. The monoisotopic (exact) mass is 372 g/mol. The lowest BCUT2D eigenvalue weighted by molar-refractivity contribution is -0.169. The van der Waals surface area contributed by atoms with Gasteiger partial charge in [0.2, 0.25) is 0 Å². The Labute approximate surface area is 161 Å². The van der Waals surface area contributed by atoms with Crippen LogP contribution in [0.25, 0.3) is 0 Å². The first kappa shape index (κ1) is 17.7. The number of imidazole rings is 1. The zero-order chi connectivity index (χ0) is 18.4. The number of H-pyrrole nitrogens is 1. The third kappa shape index (κ3) is 3.31. The van der Waals surface area contributed by atoms with Crippen molar-refractivity contribution in [3.63, 3.8) is 0 Å². The number of hydrogen-bond donors (Lipinski definition) is 4. The standard InChI is InChI=1S/C21H32N4O2/c22-19(25-26)18-17(23-20(24-18)16-4-2-1-3-5-16)12-27-21-9-13-6-14(10-21)8-15(7-13)11-21/h13-16,26H,1-12H2,(H2,22,25)(H,23,24). The first-order valence-electron chi connectivity index (χ1n) is 10.9. The minimum atomic E-state index is -0.0441. The first-order valence-corrected chi connectivity index (χ1v) is 10.9. The smallest absolute Gasteiger partial charge is 0.170 e. The van der Waals surface area contributed by atoms with E-state index in [0.29, 0.717) is 18.2 Å². The Bertz CT molecular complexity index is 672. The van der Waals surface area contributed by atoms with E-state index in [-0.39, 0.29) is 11.4 Å². The number of ether oxygens (including phenoxy) is 1. The molecule has 0 radical (unpaired) electrons. The van der Waals surface area contributed by atoms with Crippen LogP contribution in [0.4, 0.5) is 0 Å². The summed E-state index contributed by atoms with van der Waals surface area (Å²) in [5.41, 5.74) is 3.38. The van der Waals surface area contributed by atoms with Gasteiger partial charge in [-0.1, -0.05) is 19.3 Å². The number of hydrogen-bond acceptors (Lipinski definition) is 4. The lowest BCUT2D eigenvalue weighted by Crippen LogP contribution is -2.51. The van der Waals surface area contributed by atoms with Crippen LogP contribution in [0.5, 0.6) is 0 Å². The molecular formula is C21H32N4O2. The van der Waals surface area contributed by atoms with E-state index in [2.05, 4.69) is 9.97 Å². The van der Waals surface area contributed by atoms with Crippen molar-refractivity contribution in [2.45, 2.75) is 88.8 Å². The van der Waals surface area contributed by atoms with Crippen LogP contribution < -0.4 is 5.48 Å². The van der Waals surface area contributed by atoms with E-state index in [9.17, 15) is 5.21 Å². The Morgan fingerprint density at radius 2 is 1.74 bits per heavy atom. The highest BCUT2D eigenvalue weighted by Crippen LogP contribution is 2.57. The average molecular weight is 373 g/mol. The molecule has 4 N–H and O–H groups in total. The van der Waals surface area contributed by atoms with Crippen molar-refractivity contribution in [2.75, 3.05) is 0 Å². The topological polar surface area (TPSA) is 94.0 Å². The summed E-state index contributed by atoms with van der Waals surface area (Å²) >= 11 is 0. The molecule has 0 spiro atoms. The van der Waals surface area contributed by atoms with Crippen LogP contribution in [0.15, 0.2) is 0 Å². The predicted molar refractivity (Wildman–Crippen MR) is 102 cm³/mol. The van der Waals surface area contributed by atoms with Gasteiger partial charge in [0.1, 0.15) is 11.5 Å². The van der Waals surface area contributed by atoms with Crippen molar-refractivity contribution in [3.8, 4) is 0 Å². The van der Waals surface area contributed by atoms with Gasteiger partial charge in [0.15, 0.2) is 5.84 Å². The van der Waals surface area contributed by atoms with Gasteiger partial charge in [-0.25, -0.2) is 4.98 Å². The van der Waals surface area contributed by atoms with Crippen LogP contribution in [-0.2, 0) is 11.3 Å². The number of aromatic nitrogens is 2. The van der Waals surface area contributed by atoms with Crippen molar-refractivity contribution >= 4 is 5.84 Å². The highest BCUT2D eigenvalue weighted by molar-refractivity contribution is 5.94. The number of aromatic amines is 1. The Hall–Kier alpha value is -1.40. The highest BCUT2D eigenvalue weighted by atomic mass is 16.5. The average Bonchev–Trinajstić information content (AvgIpc) is 3.10. The third-order valence-electron chi connectivity index (χ3n) is 7.64. The van der Waals surface area contributed by atoms with Crippen LogP contribution in [0.1, 0.15) is 93.8 Å². The summed E-state index contributed by atoms with van der Waals surface area (Å²) in [5.74, 6) is 3.93. The molecule has 5 aliphatic carbocycles. The fourth-order valence-corrected chi connectivity index (χ4v) is 6.80. The Morgan fingerprint density at radius 1 is 1.11 bits per heavy atom. The molecule has 148 valence electrons. The Balaban J connectivity index is 1.34. The molecule has 0 atom stereocenters. The summed E-state index contributed by atoms with van der Waals surface area (Å²) in [6.07, 6.45) is 13.9. The first-order chi connectivity index (χ1) is 13.1. The van der Waals surface area contributed by atoms with Gasteiger partial charge in [-0.15, -0.1) is 0 Å². The van der Waals surface area contributed by atoms with E-state index in [1.807, 2.05) is 5.48 Å². The molecule has 5 aliphatic rings. The summed E-state index contributed by atoms with van der Waals surface area (Å²) in [6.45, 7) is 0.464. The molecule has 5 saturated carbocycles. The lowest BCUT2D eigenvalue weighted by atomic mass is 9.54. The minimum absolute atomic E-state index is 0.0387. The van der Waals surface area contributed by atoms with Gasteiger partial charge in [-0.3, -0.25) is 16.1 Å².